The quantitative estimate of drug-likeness (QED) is 0.342. The molecule has 1 saturated heterocycles. The highest BCUT2D eigenvalue weighted by molar-refractivity contribution is 6.31. The molecule has 1 aromatic heterocycles. The Morgan fingerprint density at radius 1 is 1.09 bits per heavy atom. The van der Waals surface area contributed by atoms with Crippen LogP contribution in [0.2, 0.25) is 5.02 Å². The van der Waals surface area contributed by atoms with Gasteiger partial charge in [0, 0.05) is 47.8 Å². The van der Waals surface area contributed by atoms with Gasteiger partial charge >= 0.3 is 0 Å². The van der Waals surface area contributed by atoms with E-state index in [1.807, 2.05) is 6.07 Å². The number of hydrogen-bond donors (Lipinski definition) is 1. The van der Waals surface area contributed by atoms with Crippen molar-refractivity contribution in [2.75, 3.05) is 9.80 Å². The number of piperidine rings is 1. The van der Waals surface area contributed by atoms with Gasteiger partial charge in [0.2, 0.25) is 17.7 Å². The normalized spacial score (nSPS) is 19.1. The zero-order chi connectivity index (χ0) is 31.4. The molecule has 5 rings (SSSR count). The molecule has 2 heterocycles. The summed E-state index contributed by atoms with van der Waals surface area (Å²) >= 11 is 6.58. The number of nitrogens with zero attached hydrogens (tertiary/aromatic N) is 4. The third-order valence-corrected chi connectivity index (χ3v) is 8.29. The van der Waals surface area contributed by atoms with Gasteiger partial charge in [-0.25, -0.2) is 18.2 Å². The van der Waals surface area contributed by atoms with E-state index in [-0.39, 0.29) is 53.3 Å². The van der Waals surface area contributed by atoms with Gasteiger partial charge in [-0.3, -0.25) is 24.2 Å². The molecule has 2 aromatic carbocycles. The summed E-state index contributed by atoms with van der Waals surface area (Å²) in [5, 5.41) is 12.4. The fourth-order valence-corrected chi connectivity index (χ4v) is 6.00. The van der Waals surface area contributed by atoms with Crippen molar-refractivity contribution >= 4 is 40.8 Å². The number of carbonyl (C=O) groups is 3. The van der Waals surface area contributed by atoms with Crippen molar-refractivity contribution < 1.29 is 27.6 Å². The first-order chi connectivity index (χ1) is 21.1. The molecule has 2 atom stereocenters. The van der Waals surface area contributed by atoms with E-state index in [4.69, 9.17) is 11.6 Å². The number of nitriles is 1. The molecule has 1 N–H and O–H groups in total. The summed E-state index contributed by atoms with van der Waals surface area (Å²) in [6, 6.07) is 13.2. The van der Waals surface area contributed by atoms with Crippen molar-refractivity contribution in [3.8, 4) is 6.07 Å². The van der Waals surface area contributed by atoms with Crippen LogP contribution in [0.25, 0.3) is 0 Å². The van der Waals surface area contributed by atoms with Crippen LogP contribution in [-0.4, -0.2) is 40.7 Å². The standard InChI is InChI=1S/C32H29ClF3N5O3/c33-25-8-2-1-7-24(25)29(30(43)39-22-11-14-32(35,36)15-12-22)40(23-6-3-5-21(34)18-23)31(44)26-9-4-10-28(42)41(26)27-17-20(19-37)13-16-38-27/h1-3,5-8,13,16-18,22,26,29H,4,9-12,14-15H2,(H,39,43)/t26-,29-/m0/s1. The van der Waals surface area contributed by atoms with Crippen LogP contribution in [0.5, 0.6) is 0 Å². The largest absolute Gasteiger partial charge is 0.351 e. The monoisotopic (exact) mass is 623 g/mol. The van der Waals surface area contributed by atoms with Crippen LogP contribution >= 0.6 is 11.6 Å². The van der Waals surface area contributed by atoms with E-state index in [0.717, 1.165) is 11.0 Å². The summed E-state index contributed by atoms with van der Waals surface area (Å²) in [6.07, 6.45) is 1.33. The molecular formula is C32H29ClF3N5O3. The number of rotatable bonds is 7. The maximum absolute atomic E-state index is 14.7. The third kappa shape index (κ3) is 6.70. The van der Waals surface area contributed by atoms with Gasteiger partial charge in [0.15, 0.2) is 0 Å². The lowest BCUT2D eigenvalue weighted by atomic mass is 9.91. The number of aromatic nitrogens is 1. The number of pyridine rings is 1. The number of anilines is 2. The Morgan fingerprint density at radius 3 is 2.55 bits per heavy atom. The Labute approximate surface area is 257 Å². The number of nitrogens with one attached hydrogen (secondary N) is 1. The molecule has 44 heavy (non-hydrogen) atoms. The molecule has 2 fully saturated rings. The fourth-order valence-electron chi connectivity index (χ4n) is 5.76. The van der Waals surface area contributed by atoms with Crippen LogP contribution in [0.1, 0.15) is 62.1 Å². The molecule has 3 amide bonds. The van der Waals surface area contributed by atoms with Crippen molar-refractivity contribution in [1.82, 2.24) is 10.3 Å². The van der Waals surface area contributed by atoms with Gasteiger partial charge in [-0.15, -0.1) is 0 Å². The van der Waals surface area contributed by atoms with Gasteiger partial charge in [0.25, 0.3) is 5.91 Å². The Kier molecular flexibility index (Phi) is 9.20. The van der Waals surface area contributed by atoms with Crippen molar-refractivity contribution in [3.63, 3.8) is 0 Å². The van der Waals surface area contributed by atoms with Gasteiger partial charge in [0.1, 0.15) is 23.7 Å². The lowest BCUT2D eigenvalue weighted by Gasteiger charge is -2.40. The van der Waals surface area contributed by atoms with Crippen LogP contribution in [0.4, 0.5) is 24.7 Å². The molecule has 1 aliphatic carbocycles. The maximum Gasteiger partial charge on any atom is 0.251 e. The first-order valence-electron chi connectivity index (χ1n) is 14.3. The summed E-state index contributed by atoms with van der Waals surface area (Å²) in [4.78, 5) is 48.7. The van der Waals surface area contributed by atoms with E-state index in [1.165, 1.54) is 41.4 Å². The maximum atomic E-state index is 14.7. The number of benzene rings is 2. The van der Waals surface area contributed by atoms with E-state index >= 15 is 0 Å². The molecule has 2 aliphatic rings. The zero-order valence-corrected chi connectivity index (χ0v) is 24.3. The molecule has 1 saturated carbocycles. The van der Waals surface area contributed by atoms with E-state index in [2.05, 4.69) is 10.3 Å². The number of halogens is 4. The van der Waals surface area contributed by atoms with Gasteiger partial charge in [-0.1, -0.05) is 35.9 Å². The molecule has 12 heteroatoms. The lowest BCUT2D eigenvalue weighted by molar-refractivity contribution is -0.130. The second kappa shape index (κ2) is 13.1. The SMILES string of the molecule is N#Cc1ccnc(N2C(=O)CCC[C@H]2C(=O)N(c2cccc(F)c2)[C@H](C(=O)NC2CCC(F)(F)CC2)c2ccccc2Cl)c1. The van der Waals surface area contributed by atoms with E-state index in [0.29, 0.717) is 6.42 Å². The predicted octanol–water partition coefficient (Wildman–Crippen LogP) is 6.10. The second-order valence-electron chi connectivity index (χ2n) is 10.9. The molecule has 0 spiro atoms. The van der Waals surface area contributed by atoms with Gasteiger partial charge < -0.3 is 5.32 Å². The molecule has 228 valence electrons. The zero-order valence-electron chi connectivity index (χ0n) is 23.6. The molecule has 0 unspecified atom stereocenters. The van der Waals surface area contributed by atoms with Gasteiger partial charge in [-0.05, 0) is 62.1 Å². The Balaban J connectivity index is 1.61. The number of alkyl halides is 2. The number of carbonyl (C=O) groups excluding carboxylic acids is 3. The van der Waals surface area contributed by atoms with Crippen LogP contribution in [-0.2, 0) is 14.4 Å². The third-order valence-electron chi connectivity index (χ3n) is 7.95. The van der Waals surface area contributed by atoms with Crippen molar-refractivity contribution in [1.29, 1.82) is 5.26 Å². The molecular weight excluding hydrogens is 595 g/mol. The highest BCUT2D eigenvalue weighted by Crippen LogP contribution is 2.37. The van der Waals surface area contributed by atoms with Crippen LogP contribution in [0.15, 0.2) is 66.9 Å². The fraction of sp³-hybridized carbons (Fsp3) is 0.344. The minimum absolute atomic E-state index is 0.0296. The van der Waals surface area contributed by atoms with Crippen LogP contribution in [0, 0.1) is 17.1 Å². The first kappa shape index (κ1) is 31.0. The summed E-state index contributed by atoms with van der Waals surface area (Å²) in [5.74, 6) is -5.20. The Hall–Kier alpha value is -4.43. The molecule has 0 bridgehead atoms. The molecule has 3 aromatic rings. The second-order valence-corrected chi connectivity index (χ2v) is 11.3. The summed E-state index contributed by atoms with van der Waals surface area (Å²) in [5.41, 5.74) is 0.485. The van der Waals surface area contributed by atoms with Crippen LogP contribution < -0.4 is 15.1 Å². The Morgan fingerprint density at radius 2 is 1.84 bits per heavy atom. The van der Waals surface area contributed by atoms with Crippen molar-refractivity contribution in [2.45, 2.75) is 69.0 Å². The lowest BCUT2D eigenvalue weighted by Crippen LogP contribution is -2.57. The number of hydrogen-bond acceptors (Lipinski definition) is 5. The topological polar surface area (TPSA) is 106 Å². The van der Waals surface area contributed by atoms with Crippen LogP contribution in [0.3, 0.4) is 0 Å². The Bertz CT molecular complexity index is 1600. The summed E-state index contributed by atoms with van der Waals surface area (Å²) in [7, 11) is 0. The smallest absolute Gasteiger partial charge is 0.251 e. The molecule has 1 aliphatic heterocycles. The molecule has 0 radical (unpaired) electrons. The highest BCUT2D eigenvalue weighted by Gasteiger charge is 2.44. The van der Waals surface area contributed by atoms with Gasteiger partial charge in [-0.2, -0.15) is 5.26 Å². The summed E-state index contributed by atoms with van der Waals surface area (Å²) < 4.78 is 42.4. The summed E-state index contributed by atoms with van der Waals surface area (Å²) in [6.45, 7) is 0. The van der Waals surface area contributed by atoms with Crippen molar-refractivity contribution in [2.24, 2.45) is 0 Å². The van der Waals surface area contributed by atoms with Crippen molar-refractivity contribution in [3.05, 3.63) is 88.8 Å². The van der Waals surface area contributed by atoms with Gasteiger partial charge in [0.05, 0.1) is 11.6 Å². The predicted molar refractivity (Wildman–Crippen MR) is 158 cm³/mol. The van der Waals surface area contributed by atoms with E-state index < -0.39 is 60.4 Å². The first-order valence-corrected chi connectivity index (χ1v) is 14.7. The average Bonchev–Trinajstić information content (AvgIpc) is 3.01. The average molecular weight is 624 g/mol. The molecule has 8 nitrogen and oxygen atoms in total. The minimum atomic E-state index is -2.82. The highest BCUT2D eigenvalue weighted by atomic mass is 35.5. The minimum Gasteiger partial charge on any atom is -0.351 e. The van der Waals surface area contributed by atoms with E-state index in [9.17, 15) is 32.8 Å². The van der Waals surface area contributed by atoms with E-state index in [1.54, 1.807) is 24.3 Å². The number of amides is 3.